The molecule has 1 amide bonds. The van der Waals surface area contributed by atoms with Crippen LogP contribution in [0.2, 0.25) is 0 Å². The molecule has 3 rings (SSSR count). The summed E-state index contributed by atoms with van der Waals surface area (Å²) >= 11 is 0. The minimum atomic E-state index is -0.531. The SMILES string of the molecule is CCOC(=O)c1cc(N2CCN(C(=O)OC(C)(C)C)CC2)ccc1C#Cc1ccc(OC)c(OC)c1. The smallest absolute Gasteiger partial charge is 0.410 e. The van der Waals surface area contributed by atoms with E-state index in [9.17, 15) is 9.59 Å². The molecule has 0 atom stereocenters. The van der Waals surface area contributed by atoms with E-state index in [1.807, 2.05) is 39.0 Å². The van der Waals surface area contributed by atoms with Crippen LogP contribution in [0.25, 0.3) is 0 Å². The monoisotopic (exact) mass is 494 g/mol. The Bertz CT molecular complexity index is 1150. The fourth-order valence-electron chi connectivity index (χ4n) is 3.74. The standard InChI is InChI=1S/C28H34N2O6/c1-7-35-26(31)23-19-22(29-14-16-30(17-15-29)27(32)36-28(2,3)4)12-11-21(23)10-8-20-9-13-24(33-5)25(18-20)34-6/h9,11-13,18-19H,7,14-17H2,1-6H3. The number of rotatable bonds is 5. The van der Waals surface area contributed by atoms with Gasteiger partial charge in [-0.05, 0) is 64.1 Å². The number of methoxy groups -OCH3 is 2. The van der Waals surface area contributed by atoms with Gasteiger partial charge in [0.1, 0.15) is 5.60 Å². The van der Waals surface area contributed by atoms with Crippen LogP contribution in [0.5, 0.6) is 11.5 Å². The highest BCUT2D eigenvalue weighted by molar-refractivity contribution is 5.93. The first-order chi connectivity index (χ1) is 17.1. The number of nitrogens with zero attached hydrogens (tertiary/aromatic N) is 2. The van der Waals surface area contributed by atoms with Crippen LogP contribution in [-0.2, 0) is 9.47 Å². The maximum atomic E-state index is 12.8. The van der Waals surface area contributed by atoms with Crippen LogP contribution in [0.15, 0.2) is 36.4 Å². The molecule has 0 unspecified atom stereocenters. The molecular formula is C28H34N2O6. The van der Waals surface area contributed by atoms with E-state index in [0.29, 0.717) is 48.8 Å². The number of amides is 1. The molecule has 0 aromatic heterocycles. The number of carbonyl (C=O) groups is 2. The van der Waals surface area contributed by atoms with E-state index in [-0.39, 0.29) is 12.7 Å². The van der Waals surface area contributed by atoms with E-state index in [1.165, 1.54) is 0 Å². The van der Waals surface area contributed by atoms with Crippen LogP contribution >= 0.6 is 0 Å². The van der Waals surface area contributed by atoms with Crippen LogP contribution in [0.3, 0.4) is 0 Å². The van der Waals surface area contributed by atoms with E-state index in [1.54, 1.807) is 44.2 Å². The Morgan fingerprint density at radius 1 is 0.917 bits per heavy atom. The summed E-state index contributed by atoms with van der Waals surface area (Å²) in [5.74, 6) is 6.96. The molecule has 1 fully saturated rings. The lowest BCUT2D eigenvalue weighted by Crippen LogP contribution is -2.50. The summed E-state index contributed by atoms with van der Waals surface area (Å²) in [5.41, 5.74) is 2.04. The molecule has 1 heterocycles. The lowest BCUT2D eigenvalue weighted by Gasteiger charge is -2.36. The van der Waals surface area contributed by atoms with Crippen LogP contribution in [-0.4, -0.2) is 69.6 Å². The Hall–Kier alpha value is -3.86. The van der Waals surface area contributed by atoms with Gasteiger partial charge < -0.3 is 28.7 Å². The first kappa shape index (κ1) is 26.7. The molecule has 8 nitrogen and oxygen atoms in total. The molecule has 0 spiro atoms. The largest absolute Gasteiger partial charge is 0.493 e. The van der Waals surface area contributed by atoms with Crippen molar-refractivity contribution in [2.24, 2.45) is 0 Å². The van der Waals surface area contributed by atoms with E-state index >= 15 is 0 Å². The number of benzene rings is 2. The van der Waals surface area contributed by atoms with Crippen molar-refractivity contribution in [2.45, 2.75) is 33.3 Å². The molecule has 192 valence electrons. The highest BCUT2D eigenvalue weighted by atomic mass is 16.6. The quantitative estimate of drug-likeness (QED) is 0.452. The lowest BCUT2D eigenvalue weighted by molar-refractivity contribution is 0.0240. The third-order valence-corrected chi connectivity index (χ3v) is 5.52. The molecule has 0 bridgehead atoms. The van der Waals surface area contributed by atoms with Crippen LogP contribution < -0.4 is 14.4 Å². The Morgan fingerprint density at radius 2 is 1.61 bits per heavy atom. The molecule has 0 N–H and O–H groups in total. The first-order valence-electron chi connectivity index (χ1n) is 11.9. The summed E-state index contributed by atoms with van der Waals surface area (Å²) < 4.78 is 21.4. The first-order valence-corrected chi connectivity index (χ1v) is 11.9. The minimum Gasteiger partial charge on any atom is -0.493 e. The number of anilines is 1. The zero-order valence-corrected chi connectivity index (χ0v) is 21.8. The van der Waals surface area contributed by atoms with Gasteiger partial charge in [0.05, 0.1) is 26.4 Å². The third kappa shape index (κ3) is 6.85. The summed E-state index contributed by atoms with van der Waals surface area (Å²) in [7, 11) is 3.15. The molecule has 0 aliphatic carbocycles. The number of hydrogen-bond acceptors (Lipinski definition) is 7. The zero-order chi connectivity index (χ0) is 26.3. The molecule has 1 aliphatic rings. The zero-order valence-electron chi connectivity index (χ0n) is 21.8. The number of piperazine rings is 1. The molecule has 36 heavy (non-hydrogen) atoms. The number of esters is 1. The summed E-state index contributed by atoms with van der Waals surface area (Å²) in [6, 6.07) is 11.0. The molecule has 2 aromatic rings. The Balaban J connectivity index is 1.81. The Morgan fingerprint density at radius 3 is 2.22 bits per heavy atom. The fourth-order valence-corrected chi connectivity index (χ4v) is 3.74. The normalized spacial score (nSPS) is 13.4. The molecular weight excluding hydrogens is 460 g/mol. The Labute approximate surface area is 213 Å². The third-order valence-electron chi connectivity index (χ3n) is 5.52. The second-order valence-corrected chi connectivity index (χ2v) is 9.22. The van der Waals surface area contributed by atoms with Crippen molar-refractivity contribution < 1.29 is 28.5 Å². The minimum absolute atomic E-state index is 0.264. The topological polar surface area (TPSA) is 77.5 Å². The molecule has 1 saturated heterocycles. The van der Waals surface area contributed by atoms with Crippen LogP contribution in [0.1, 0.15) is 49.2 Å². The molecule has 8 heteroatoms. The van der Waals surface area contributed by atoms with Crippen molar-refractivity contribution in [1.82, 2.24) is 4.90 Å². The van der Waals surface area contributed by atoms with Crippen molar-refractivity contribution in [3.63, 3.8) is 0 Å². The predicted molar refractivity (Wildman–Crippen MR) is 138 cm³/mol. The van der Waals surface area contributed by atoms with E-state index in [2.05, 4.69) is 16.7 Å². The summed E-state index contributed by atoms with van der Waals surface area (Å²) in [6.45, 7) is 9.91. The average molecular weight is 495 g/mol. The van der Waals surface area contributed by atoms with Crippen LogP contribution in [0, 0.1) is 11.8 Å². The van der Waals surface area contributed by atoms with Gasteiger partial charge in [-0.15, -0.1) is 0 Å². The fraction of sp³-hybridized carbons (Fsp3) is 0.429. The van der Waals surface area contributed by atoms with Crippen molar-refractivity contribution in [3.05, 3.63) is 53.1 Å². The summed E-state index contributed by atoms with van der Waals surface area (Å²) in [5, 5.41) is 0. The summed E-state index contributed by atoms with van der Waals surface area (Å²) in [4.78, 5) is 29.0. The molecule has 0 saturated carbocycles. The van der Waals surface area contributed by atoms with E-state index in [0.717, 1.165) is 11.3 Å². The Kier molecular flexibility index (Phi) is 8.70. The predicted octanol–water partition coefficient (Wildman–Crippen LogP) is 4.34. The molecule has 0 radical (unpaired) electrons. The van der Waals surface area contributed by atoms with Gasteiger partial charge in [0.15, 0.2) is 11.5 Å². The molecule has 1 aliphatic heterocycles. The highest BCUT2D eigenvalue weighted by Crippen LogP contribution is 2.27. The summed E-state index contributed by atoms with van der Waals surface area (Å²) in [6.07, 6.45) is -0.310. The van der Waals surface area contributed by atoms with Gasteiger partial charge in [0.25, 0.3) is 0 Å². The molecule has 2 aromatic carbocycles. The second-order valence-electron chi connectivity index (χ2n) is 9.22. The number of hydrogen-bond donors (Lipinski definition) is 0. The van der Waals surface area contributed by atoms with Gasteiger partial charge in [-0.3, -0.25) is 0 Å². The van der Waals surface area contributed by atoms with Gasteiger partial charge in [0.2, 0.25) is 0 Å². The van der Waals surface area contributed by atoms with Crippen molar-refractivity contribution in [1.29, 1.82) is 0 Å². The van der Waals surface area contributed by atoms with Crippen molar-refractivity contribution in [2.75, 3.05) is 51.9 Å². The van der Waals surface area contributed by atoms with E-state index in [4.69, 9.17) is 18.9 Å². The van der Waals surface area contributed by atoms with Crippen molar-refractivity contribution >= 4 is 17.7 Å². The van der Waals surface area contributed by atoms with Crippen molar-refractivity contribution in [3.8, 4) is 23.3 Å². The van der Waals surface area contributed by atoms with Gasteiger partial charge >= 0.3 is 12.1 Å². The van der Waals surface area contributed by atoms with E-state index < -0.39 is 11.6 Å². The second kappa shape index (κ2) is 11.7. The number of carbonyl (C=O) groups excluding carboxylic acids is 2. The van der Waals surface area contributed by atoms with Gasteiger partial charge in [-0.2, -0.15) is 0 Å². The maximum absolute atomic E-state index is 12.8. The lowest BCUT2D eigenvalue weighted by atomic mass is 10.0. The van der Waals surface area contributed by atoms with Gasteiger partial charge in [0, 0.05) is 43.0 Å². The maximum Gasteiger partial charge on any atom is 0.410 e. The van der Waals surface area contributed by atoms with Gasteiger partial charge in [-0.25, -0.2) is 9.59 Å². The average Bonchev–Trinajstić information content (AvgIpc) is 2.86. The van der Waals surface area contributed by atoms with Crippen LogP contribution in [0.4, 0.5) is 10.5 Å². The van der Waals surface area contributed by atoms with Gasteiger partial charge in [-0.1, -0.05) is 11.8 Å². The number of ether oxygens (including phenoxy) is 4. The highest BCUT2D eigenvalue weighted by Gasteiger charge is 2.26.